The number of rotatable bonds is 2. The van der Waals surface area contributed by atoms with Crippen molar-refractivity contribution in [2.75, 3.05) is 26.2 Å². The van der Waals surface area contributed by atoms with Crippen molar-refractivity contribution < 1.29 is 10.2 Å². The molecule has 1 aromatic rings. The molecule has 1 fully saturated rings. The van der Waals surface area contributed by atoms with Gasteiger partial charge in [-0.15, -0.1) is 24.8 Å². The molecule has 18 heavy (non-hydrogen) atoms. The van der Waals surface area contributed by atoms with Gasteiger partial charge in [-0.3, -0.25) is 4.90 Å². The molecule has 2 rings (SSSR count). The van der Waals surface area contributed by atoms with Crippen LogP contribution in [0.15, 0.2) is 18.2 Å². The molecule has 0 radical (unpaired) electrons. The molecule has 0 aromatic heterocycles. The first-order valence-electron chi connectivity index (χ1n) is 5.65. The van der Waals surface area contributed by atoms with E-state index in [2.05, 4.69) is 17.1 Å². The fourth-order valence-corrected chi connectivity index (χ4v) is 2.08. The summed E-state index contributed by atoms with van der Waals surface area (Å²) in [4.78, 5) is 2.36. The highest BCUT2D eigenvalue weighted by molar-refractivity contribution is 5.85. The van der Waals surface area contributed by atoms with Gasteiger partial charge in [0.25, 0.3) is 0 Å². The van der Waals surface area contributed by atoms with Crippen LogP contribution in [0, 0.1) is 0 Å². The van der Waals surface area contributed by atoms with Gasteiger partial charge in [-0.05, 0) is 24.6 Å². The molecule has 0 amide bonds. The SMILES string of the molecule is C[C@H](c1ccc(O)c(O)c1)N1CCNCC1.Cl.Cl. The number of benzene rings is 1. The molecule has 0 aliphatic carbocycles. The Kier molecular flexibility index (Phi) is 7.40. The fraction of sp³-hybridized carbons (Fsp3) is 0.500. The van der Waals surface area contributed by atoms with Crippen molar-refractivity contribution in [2.24, 2.45) is 0 Å². The molecular weight excluding hydrogens is 275 g/mol. The summed E-state index contributed by atoms with van der Waals surface area (Å²) >= 11 is 0. The maximum atomic E-state index is 9.47. The van der Waals surface area contributed by atoms with Crippen LogP contribution >= 0.6 is 24.8 Å². The van der Waals surface area contributed by atoms with Gasteiger partial charge in [0.15, 0.2) is 11.5 Å². The van der Waals surface area contributed by atoms with Crippen LogP contribution in [-0.2, 0) is 0 Å². The minimum Gasteiger partial charge on any atom is -0.504 e. The Morgan fingerprint density at radius 3 is 2.28 bits per heavy atom. The summed E-state index contributed by atoms with van der Waals surface area (Å²) in [5.74, 6) is -0.101. The van der Waals surface area contributed by atoms with Gasteiger partial charge in [-0.25, -0.2) is 0 Å². The van der Waals surface area contributed by atoms with E-state index in [0.717, 1.165) is 31.7 Å². The molecule has 0 saturated carbocycles. The summed E-state index contributed by atoms with van der Waals surface area (Å²) < 4.78 is 0. The summed E-state index contributed by atoms with van der Waals surface area (Å²) in [5.41, 5.74) is 1.04. The Morgan fingerprint density at radius 2 is 1.72 bits per heavy atom. The second-order valence-electron chi connectivity index (χ2n) is 4.21. The zero-order valence-electron chi connectivity index (χ0n) is 10.3. The summed E-state index contributed by atoms with van der Waals surface area (Å²) in [6.45, 7) is 6.17. The van der Waals surface area contributed by atoms with Crippen LogP contribution in [0.5, 0.6) is 11.5 Å². The molecule has 1 saturated heterocycles. The molecule has 6 heteroatoms. The van der Waals surface area contributed by atoms with Crippen LogP contribution in [0.4, 0.5) is 0 Å². The third-order valence-corrected chi connectivity index (χ3v) is 3.18. The first-order chi connectivity index (χ1) is 7.68. The molecule has 1 aliphatic rings. The van der Waals surface area contributed by atoms with Crippen LogP contribution in [0.3, 0.4) is 0 Å². The third-order valence-electron chi connectivity index (χ3n) is 3.18. The van der Waals surface area contributed by atoms with Gasteiger partial charge in [0, 0.05) is 32.2 Å². The normalized spacial score (nSPS) is 17.4. The van der Waals surface area contributed by atoms with Crippen LogP contribution in [-0.4, -0.2) is 41.3 Å². The molecule has 0 unspecified atom stereocenters. The number of hydrogen-bond donors (Lipinski definition) is 3. The van der Waals surface area contributed by atoms with Crippen LogP contribution in [0.1, 0.15) is 18.5 Å². The van der Waals surface area contributed by atoms with E-state index in [1.54, 1.807) is 12.1 Å². The highest BCUT2D eigenvalue weighted by Crippen LogP contribution is 2.29. The summed E-state index contributed by atoms with van der Waals surface area (Å²) in [7, 11) is 0. The highest BCUT2D eigenvalue weighted by Gasteiger charge is 2.18. The van der Waals surface area contributed by atoms with Crippen molar-refractivity contribution in [3.05, 3.63) is 23.8 Å². The topological polar surface area (TPSA) is 55.7 Å². The maximum Gasteiger partial charge on any atom is 0.157 e. The molecule has 104 valence electrons. The van der Waals surface area contributed by atoms with Crippen molar-refractivity contribution in [1.29, 1.82) is 0 Å². The van der Waals surface area contributed by atoms with Gasteiger partial charge in [0.05, 0.1) is 0 Å². The number of aromatic hydroxyl groups is 2. The average molecular weight is 295 g/mol. The van der Waals surface area contributed by atoms with Crippen molar-refractivity contribution in [1.82, 2.24) is 10.2 Å². The standard InChI is InChI=1S/C12H18N2O2.2ClH/c1-9(14-6-4-13-5-7-14)10-2-3-11(15)12(16)8-10;;/h2-3,8-9,13,15-16H,4-7H2,1H3;2*1H/t9-;;/m1../s1. The molecule has 3 N–H and O–H groups in total. The molecule has 4 nitrogen and oxygen atoms in total. The van der Waals surface area contributed by atoms with Gasteiger partial charge < -0.3 is 15.5 Å². The molecular formula is C12H20Cl2N2O2. The third kappa shape index (κ3) is 3.92. The van der Waals surface area contributed by atoms with Crippen LogP contribution < -0.4 is 5.32 Å². The zero-order chi connectivity index (χ0) is 11.5. The number of hydrogen-bond acceptors (Lipinski definition) is 4. The van der Waals surface area contributed by atoms with Crippen molar-refractivity contribution in [3.8, 4) is 11.5 Å². The Hall–Kier alpha value is -0.680. The molecule has 0 spiro atoms. The van der Waals surface area contributed by atoms with Gasteiger partial charge in [-0.2, -0.15) is 0 Å². The summed E-state index contributed by atoms with van der Waals surface area (Å²) in [5, 5.41) is 22.0. The van der Waals surface area contributed by atoms with E-state index in [4.69, 9.17) is 0 Å². The van der Waals surface area contributed by atoms with Crippen LogP contribution in [0.25, 0.3) is 0 Å². The number of nitrogens with one attached hydrogen (secondary N) is 1. The van der Waals surface area contributed by atoms with Crippen LogP contribution in [0.2, 0.25) is 0 Å². The second kappa shape index (κ2) is 7.69. The predicted molar refractivity (Wildman–Crippen MR) is 77.1 cm³/mol. The summed E-state index contributed by atoms with van der Waals surface area (Å²) in [6.07, 6.45) is 0. The van der Waals surface area contributed by atoms with E-state index in [1.165, 1.54) is 0 Å². The van der Waals surface area contributed by atoms with Crippen molar-refractivity contribution >= 4 is 24.8 Å². The number of halogens is 2. The smallest absolute Gasteiger partial charge is 0.157 e. The minimum atomic E-state index is -0.0590. The lowest BCUT2D eigenvalue weighted by atomic mass is 10.1. The lowest BCUT2D eigenvalue weighted by molar-refractivity contribution is 0.185. The molecule has 1 heterocycles. The fourth-order valence-electron chi connectivity index (χ4n) is 2.08. The second-order valence-corrected chi connectivity index (χ2v) is 4.21. The Balaban J connectivity index is 0.00000144. The quantitative estimate of drug-likeness (QED) is 0.730. The number of piperazine rings is 1. The monoisotopic (exact) mass is 294 g/mol. The first kappa shape index (κ1) is 17.3. The number of nitrogens with zero attached hydrogens (tertiary/aromatic N) is 1. The van der Waals surface area contributed by atoms with Gasteiger partial charge in [0.2, 0.25) is 0 Å². The van der Waals surface area contributed by atoms with E-state index in [9.17, 15) is 10.2 Å². The molecule has 1 aliphatic heterocycles. The Labute approximate surface area is 120 Å². The largest absolute Gasteiger partial charge is 0.504 e. The molecule has 1 aromatic carbocycles. The zero-order valence-corrected chi connectivity index (χ0v) is 11.9. The number of phenolic OH excluding ortho intramolecular Hbond substituents is 2. The molecule has 1 atom stereocenters. The van der Waals surface area contributed by atoms with E-state index in [0.29, 0.717) is 0 Å². The van der Waals surface area contributed by atoms with Crippen molar-refractivity contribution in [2.45, 2.75) is 13.0 Å². The van der Waals surface area contributed by atoms with E-state index >= 15 is 0 Å². The Bertz CT molecular complexity index is 371. The van der Waals surface area contributed by atoms with Gasteiger partial charge in [-0.1, -0.05) is 6.07 Å². The lowest BCUT2D eigenvalue weighted by Crippen LogP contribution is -2.44. The average Bonchev–Trinajstić information content (AvgIpc) is 2.33. The number of phenols is 2. The van der Waals surface area contributed by atoms with E-state index in [1.807, 2.05) is 6.07 Å². The summed E-state index contributed by atoms with van der Waals surface area (Å²) in [6, 6.07) is 5.32. The molecule has 0 bridgehead atoms. The van der Waals surface area contributed by atoms with E-state index < -0.39 is 0 Å². The lowest BCUT2D eigenvalue weighted by Gasteiger charge is -2.33. The van der Waals surface area contributed by atoms with E-state index in [-0.39, 0.29) is 42.4 Å². The van der Waals surface area contributed by atoms with Gasteiger partial charge >= 0.3 is 0 Å². The predicted octanol–water partition coefficient (Wildman–Crippen LogP) is 1.91. The maximum absolute atomic E-state index is 9.47. The Morgan fingerprint density at radius 1 is 1.11 bits per heavy atom. The van der Waals surface area contributed by atoms with Gasteiger partial charge in [0.1, 0.15) is 0 Å². The first-order valence-corrected chi connectivity index (χ1v) is 5.65. The minimum absolute atomic E-state index is 0. The van der Waals surface area contributed by atoms with Crippen molar-refractivity contribution in [3.63, 3.8) is 0 Å². The highest BCUT2D eigenvalue weighted by atomic mass is 35.5.